The molecule has 1 N–H and O–H groups in total. The topological polar surface area (TPSA) is 79.3 Å². The van der Waals surface area contributed by atoms with Crippen LogP contribution < -0.4 is 9.47 Å². The maximum Gasteiger partial charge on any atom is 0.308 e. The number of hydrogen-bond donors (Lipinski definition) is 1. The lowest BCUT2D eigenvalue weighted by molar-refractivity contribution is -0.199. The van der Waals surface area contributed by atoms with Crippen molar-refractivity contribution in [2.24, 2.45) is 0 Å². The van der Waals surface area contributed by atoms with Gasteiger partial charge in [0.05, 0.1) is 17.1 Å². The maximum absolute atomic E-state index is 13.6. The summed E-state index contributed by atoms with van der Waals surface area (Å²) in [5, 5.41) is 12.9. The van der Waals surface area contributed by atoms with Crippen molar-refractivity contribution in [2.75, 3.05) is 20.1 Å². The molecule has 0 unspecified atom stereocenters. The molecule has 228 valence electrons. The van der Waals surface area contributed by atoms with Crippen LogP contribution in [0.2, 0.25) is 0 Å². The van der Waals surface area contributed by atoms with Gasteiger partial charge in [0.15, 0.2) is 11.5 Å². The van der Waals surface area contributed by atoms with Gasteiger partial charge in [-0.25, -0.2) is 0 Å². The number of rotatable bonds is 7. The lowest BCUT2D eigenvalue weighted by Crippen LogP contribution is -2.78. The van der Waals surface area contributed by atoms with Gasteiger partial charge in [-0.05, 0) is 74.4 Å². The smallest absolute Gasteiger partial charge is 0.308 e. The fourth-order valence-corrected chi connectivity index (χ4v) is 8.63. The molecule has 2 aliphatic heterocycles. The predicted molar refractivity (Wildman–Crippen MR) is 169 cm³/mol. The zero-order valence-electron chi connectivity index (χ0n) is 25.7. The lowest BCUT2D eigenvalue weighted by Gasteiger charge is -2.64. The third-order valence-corrected chi connectivity index (χ3v) is 10.6. The number of aliphatic hydroxyl groups is 1. The van der Waals surface area contributed by atoms with Crippen LogP contribution >= 0.6 is 0 Å². The molecule has 1 saturated carbocycles. The van der Waals surface area contributed by atoms with E-state index in [0.29, 0.717) is 37.2 Å². The Hall–Kier alpha value is -3.94. The average Bonchev–Trinajstić information content (AvgIpc) is 3.36. The van der Waals surface area contributed by atoms with Crippen molar-refractivity contribution in [1.29, 1.82) is 0 Å². The second kappa shape index (κ2) is 10.9. The van der Waals surface area contributed by atoms with Gasteiger partial charge >= 0.3 is 5.97 Å². The molecular weight excluding hydrogens is 552 g/mol. The van der Waals surface area contributed by atoms with E-state index in [2.05, 4.69) is 29.2 Å². The van der Waals surface area contributed by atoms with Crippen LogP contribution in [0.1, 0.15) is 54.0 Å². The first-order chi connectivity index (χ1) is 21.2. The third kappa shape index (κ3) is 4.48. The molecule has 2 bridgehead atoms. The van der Waals surface area contributed by atoms with Gasteiger partial charge in [-0.15, -0.1) is 0 Å². The Morgan fingerprint density at radius 2 is 1.93 bits per heavy atom. The normalized spacial score (nSPS) is 28.3. The molecule has 4 aliphatic rings. The molecule has 44 heavy (non-hydrogen) atoms. The van der Waals surface area contributed by atoms with Crippen molar-refractivity contribution in [1.82, 2.24) is 9.80 Å². The number of piperidine rings is 1. The van der Waals surface area contributed by atoms with Gasteiger partial charge in [0.2, 0.25) is 5.91 Å². The lowest BCUT2D eigenvalue weighted by atomic mass is 9.48. The molecule has 3 aromatic carbocycles. The highest BCUT2D eigenvalue weighted by Gasteiger charge is 2.73. The van der Waals surface area contributed by atoms with Crippen LogP contribution in [0.5, 0.6) is 11.5 Å². The summed E-state index contributed by atoms with van der Waals surface area (Å²) < 4.78 is 12.5. The van der Waals surface area contributed by atoms with Gasteiger partial charge in [-0.3, -0.25) is 14.5 Å². The molecule has 0 aromatic heterocycles. The highest BCUT2D eigenvalue weighted by molar-refractivity contribution is 5.92. The van der Waals surface area contributed by atoms with Crippen molar-refractivity contribution in [3.8, 4) is 11.5 Å². The van der Waals surface area contributed by atoms with Crippen LogP contribution in [-0.4, -0.2) is 70.7 Å². The quantitative estimate of drug-likeness (QED) is 0.240. The number of carbonyl (C=O) groups excluding carboxylic acids is 2. The second-order valence-corrected chi connectivity index (χ2v) is 13.0. The highest BCUT2D eigenvalue weighted by Crippen LogP contribution is 2.66. The van der Waals surface area contributed by atoms with E-state index >= 15 is 0 Å². The Morgan fingerprint density at radius 3 is 2.70 bits per heavy atom. The van der Waals surface area contributed by atoms with Gasteiger partial charge in [-0.2, -0.15) is 0 Å². The summed E-state index contributed by atoms with van der Waals surface area (Å²) in [6, 6.07) is 22.1. The summed E-state index contributed by atoms with van der Waals surface area (Å²) in [7, 11) is 1.84. The molecular formula is C37H40N2O5. The van der Waals surface area contributed by atoms with Gasteiger partial charge in [0.1, 0.15) is 6.10 Å². The minimum atomic E-state index is -1.04. The van der Waals surface area contributed by atoms with Crippen LogP contribution in [0.4, 0.5) is 0 Å². The zero-order valence-corrected chi connectivity index (χ0v) is 25.7. The summed E-state index contributed by atoms with van der Waals surface area (Å²) in [6.07, 6.45) is 6.49. The molecule has 1 saturated heterocycles. The first kappa shape index (κ1) is 28.8. The van der Waals surface area contributed by atoms with Crippen molar-refractivity contribution in [3.05, 3.63) is 101 Å². The van der Waals surface area contributed by atoms with E-state index in [1.54, 1.807) is 11.0 Å². The van der Waals surface area contributed by atoms with Crippen LogP contribution in [0, 0.1) is 6.92 Å². The SMILES string of the molecule is CC(=O)Oc1ccc2c3c1O[C@H]1[C@@H](N(C)C(=O)C=Cc4cccc(C)c4)CC[C@@]4(O)[C@@H](C2)N(CCc2ccccc2)CC[C@]314. The largest absolute Gasteiger partial charge is 0.483 e. The Labute approximate surface area is 259 Å². The first-order valence-corrected chi connectivity index (χ1v) is 15.7. The molecule has 7 heteroatoms. The standard InChI is InChI=1S/C37H40N2O5/c1-24-8-7-11-27(22-24)12-15-32(41)38(3)29-16-18-37(42)31-23-28-13-14-30(43-25(2)40)34-33(28)36(37,35(29)44-34)19-21-39(31)20-17-26-9-5-4-6-10-26/h4-15,22,29,31,35,42H,16-21,23H2,1-3H3/t29-,31+,35-,36-,37+/m0/s1. The minimum absolute atomic E-state index is 0.0766. The van der Waals surface area contributed by atoms with Crippen LogP contribution in [0.25, 0.3) is 6.08 Å². The van der Waals surface area contributed by atoms with Crippen LogP contribution in [0.15, 0.2) is 72.8 Å². The molecule has 2 fully saturated rings. The number of carbonyl (C=O) groups is 2. The van der Waals surface area contributed by atoms with Gasteiger partial charge in [-0.1, -0.05) is 66.2 Å². The number of likely N-dealkylation sites (tertiary alicyclic amines) is 1. The Kier molecular flexibility index (Phi) is 7.13. The number of nitrogens with zero attached hydrogens (tertiary/aromatic N) is 2. The van der Waals surface area contributed by atoms with Crippen molar-refractivity contribution in [3.63, 3.8) is 0 Å². The van der Waals surface area contributed by atoms with E-state index in [1.807, 2.05) is 62.5 Å². The summed E-state index contributed by atoms with van der Waals surface area (Å²) in [5.41, 5.74) is 3.75. The van der Waals surface area contributed by atoms with E-state index in [0.717, 1.165) is 41.8 Å². The molecule has 0 radical (unpaired) electrons. The summed E-state index contributed by atoms with van der Waals surface area (Å²) >= 11 is 0. The molecule has 1 spiro atoms. The fourth-order valence-electron chi connectivity index (χ4n) is 8.63. The molecule has 3 aromatic rings. The van der Waals surface area contributed by atoms with E-state index in [1.165, 1.54) is 12.5 Å². The predicted octanol–water partition coefficient (Wildman–Crippen LogP) is 4.86. The van der Waals surface area contributed by atoms with Crippen molar-refractivity contribution >= 4 is 18.0 Å². The Morgan fingerprint density at radius 1 is 1.11 bits per heavy atom. The average molecular weight is 593 g/mol. The number of benzene rings is 3. The first-order valence-electron chi connectivity index (χ1n) is 15.7. The highest BCUT2D eigenvalue weighted by atomic mass is 16.6. The Balaban J connectivity index is 1.24. The van der Waals surface area contributed by atoms with E-state index in [4.69, 9.17) is 9.47 Å². The number of aryl methyl sites for hydroxylation is 1. The molecule has 1 amide bonds. The van der Waals surface area contributed by atoms with E-state index < -0.39 is 23.1 Å². The van der Waals surface area contributed by atoms with Crippen molar-refractivity contribution < 1.29 is 24.2 Å². The van der Waals surface area contributed by atoms with Gasteiger partial charge < -0.3 is 19.5 Å². The second-order valence-electron chi connectivity index (χ2n) is 13.0. The number of amides is 1. The van der Waals surface area contributed by atoms with Crippen LogP contribution in [-0.2, 0) is 27.8 Å². The van der Waals surface area contributed by atoms with E-state index in [-0.39, 0.29) is 18.0 Å². The summed E-state index contributed by atoms with van der Waals surface area (Å²) in [4.78, 5) is 29.9. The zero-order chi connectivity index (χ0) is 30.6. The van der Waals surface area contributed by atoms with E-state index in [9.17, 15) is 14.7 Å². The van der Waals surface area contributed by atoms with Gasteiger partial charge in [0.25, 0.3) is 0 Å². The fraction of sp³-hybridized carbons (Fsp3) is 0.405. The Bertz CT molecular complexity index is 1640. The number of hydrogen-bond acceptors (Lipinski definition) is 6. The van der Waals surface area contributed by atoms with Crippen LogP contribution in [0.3, 0.4) is 0 Å². The third-order valence-electron chi connectivity index (χ3n) is 10.6. The summed E-state index contributed by atoms with van der Waals surface area (Å²) in [6.45, 7) is 5.09. The molecule has 2 heterocycles. The molecule has 7 nitrogen and oxygen atoms in total. The number of likely N-dealkylation sites (N-methyl/N-ethyl adjacent to an activating group) is 1. The number of ether oxygens (including phenoxy) is 2. The maximum atomic E-state index is 13.6. The minimum Gasteiger partial charge on any atom is -0.483 e. The van der Waals surface area contributed by atoms with Crippen molar-refractivity contribution in [2.45, 2.75) is 75.2 Å². The number of esters is 1. The molecule has 2 aliphatic carbocycles. The monoisotopic (exact) mass is 592 g/mol. The summed E-state index contributed by atoms with van der Waals surface area (Å²) in [5.74, 6) is 0.424. The van der Waals surface area contributed by atoms with Gasteiger partial charge in [0, 0.05) is 38.2 Å². The molecule has 7 rings (SSSR count). The molecule has 5 atom stereocenters.